The molecule has 0 aromatic heterocycles. The molecule has 1 aliphatic carbocycles. The van der Waals surface area contributed by atoms with Crippen LogP contribution in [0.5, 0.6) is 5.75 Å². The van der Waals surface area contributed by atoms with Gasteiger partial charge in [0.15, 0.2) is 0 Å². The Morgan fingerprint density at radius 3 is 2.83 bits per heavy atom. The topological polar surface area (TPSA) is 75.6 Å². The van der Waals surface area contributed by atoms with Crippen molar-refractivity contribution in [3.05, 3.63) is 28.8 Å². The molecule has 2 rings (SSSR count). The summed E-state index contributed by atoms with van der Waals surface area (Å²) >= 11 is 6.15. The fourth-order valence-electron chi connectivity index (χ4n) is 3.30. The Balaban J connectivity index is 2.14. The molecule has 5 nitrogen and oxygen atoms in total. The number of benzene rings is 1. The largest absolute Gasteiger partial charge is 0.496 e. The van der Waals surface area contributed by atoms with Gasteiger partial charge in [0.1, 0.15) is 5.75 Å². The standard InChI is InChI=1S/C17H22ClNO4/c1-17(9-4-3-6-12(17)16(21)22)19-15(20)10-11-13(18)7-5-8-14(11)23-2/h5,7-8,12H,3-4,6,9-10H2,1-2H3,(H,19,20)(H,21,22). The van der Waals surface area contributed by atoms with E-state index in [-0.39, 0.29) is 12.3 Å². The second-order valence-electron chi connectivity index (χ2n) is 6.20. The van der Waals surface area contributed by atoms with Crippen molar-refractivity contribution in [2.45, 2.75) is 44.6 Å². The summed E-state index contributed by atoms with van der Waals surface area (Å²) in [5.74, 6) is -1.11. The van der Waals surface area contributed by atoms with Crippen LogP contribution in [-0.2, 0) is 16.0 Å². The summed E-state index contributed by atoms with van der Waals surface area (Å²) in [5, 5.41) is 12.8. The zero-order valence-corrected chi connectivity index (χ0v) is 14.2. The number of carboxylic acids is 1. The van der Waals surface area contributed by atoms with Crippen LogP contribution < -0.4 is 10.1 Å². The smallest absolute Gasteiger partial charge is 0.308 e. The molecule has 0 saturated heterocycles. The van der Waals surface area contributed by atoms with Gasteiger partial charge in [-0.3, -0.25) is 9.59 Å². The third kappa shape index (κ3) is 3.96. The minimum absolute atomic E-state index is 0.0603. The van der Waals surface area contributed by atoms with Crippen molar-refractivity contribution in [1.29, 1.82) is 0 Å². The number of ether oxygens (including phenoxy) is 1. The molecule has 1 aromatic rings. The van der Waals surface area contributed by atoms with Gasteiger partial charge in [-0.05, 0) is 31.9 Å². The molecule has 1 amide bonds. The minimum Gasteiger partial charge on any atom is -0.496 e. The molecule has 2 unspecified atom stereocenters. The molecule has 126 valence electrons. The summed E-state index contributed by atoms with van der Waals surface area (Å²) in [6.07, 6.45) is 3.10. The Kier molecular flexibility index (Phi) is 5.52. The molecule has 0 radical (unpaired) electrons. The Morgan fingerprint density at radius 2 is 2.17 bits per heavy atom. The highest BCUT2D eigenvalue weighted by molar-refractivity contribution is 6.31. The van der Waals surface area contributed by atoms with Crippen LogP contribution in [0.1, 0.15) is 38.2 Å². The predicted octanol–water partition coefficient (Wildman–Crippen LogP) is 3.04. The monoisotopic (exact) mass is 339 g/mol. The second-order valence-corrected chi connectivity index (χ2v) is 6.61. The first-order valence-corrected chi connectivity index (χ1v) is 8.10. The Morgan fingerprint density at radius 1 is 1.43 bits per heavy atom. The van der Waals surface area contributed by atoms with Gasteiger partial charge in [0.25, 0.3) is 0 Å². The molecule has 0 bridgehead atoms. The zero-order chi connectivity index (χ0) is 17.0. The van der Waals surface area contributed by atoms with E-state index >= 15 is 0 Å². The molecule has 1 aromatic carbocycles. The summed E-state index contributed by atoms with van der Waals surface area (Å²) in [6, 6.07) is 5.21. The molecule has 1 fully saturated rings. The fraction of sp³-hybridized carbons (Fsp3) is 0.529. The van der Waals surface area contributed by atoms with Gasteiger partial charge in [0.05, 0.1) is 25.0 Å². The lowest BCUT2D eigenvalue weighted by Crippen LogP contribution is -2.55. The first-order valence-electron chi connectivity index (χ1n) is 7.72. The molecule has 0 heterocycles. The van der Waals surface area contributed by atoms with Crippen LogP contribution in [0.15, 0.2) is 18.2 Å². The highest BCUT2D eigenvalue weighted by Crippen LogP contribution is 2.34. The van der Waals surface area contributed by atoms with Gasteiger partial charge in [-0.1, -0.05) is 30.5 Å². The number of carbonyl (C=O) groups excluding carboxylic acids is 1. The van der Waals surface area contributed by atoms with Gasteiger partial charge >= 0.3 is 5.97 Å². The molecule has 1 saturated carbocycles. The first kappa shape index (κ1) is 17.6. The molecule has 2 atom stereocenters. The van der Waals surface area contributed by atoms with Crippen molar-refractivity contribution >= 4 is 23.5 Å². The Hall–Kier alpha value is -1.75. The number of amides is 1. The van der Waals surface area contributed by atoms with E-state index in [2.05, 4.69) is 5.32 Å². The number of methoxy groups -OCH3 is 1. The maximum Gasteiger partial charge on any atom is 0.308 e. The van der Waals surface area contributed by atoms with E-state index in [1.165, 1.54) is 7.11 Å². The van der Waals surface area contributed by atoms with Crippen LogP contribution in [0.25, 0.3) is 0 Å². The van der Waals surface area contributed by atoms with Gasteiger partial charge < -0.3 is 15.2 Å². The van der Waals surface area contributed by atoms with Crippen LogP contribution in [0.2, 0.25) is 5.02 Å². The van der Waals surface area contributed by atoms with E-state index in [0.717, 1.165) is 12.8 Å². The third-order valence-corrected chi connectivity index (χ3v) is 4.92. The first-order chi connectivity index (χ1) is 10.9. The number of hydrogen-bond acceptors (Lipinski definition) is 3. The number of carbonyl (C=O) groups is 2. The molecular formula is C17H22ClNO4. The van der Waals surface area contributed by atoms with Crippen molar-refractivity contribution in [1.82, 2.24) is 5.32 Å². The van der Waals surface area contributed by atoms with Crippen LogP contribution in [-0.4, -0.2) is 29.6 Å². The summed E-state index contributed by atoms with van der Waals surface area (Å²) in [5.41, 5.74) is -0.115. The molecule has 2 N–H and O–H groups in total. The lowest BCUT2D eigenvalue weighted by Gasteiger charge is -2.39. The van der Waals surface area contributed by atoms with Crippen LogP contribution in [0.3, 0.4) is 0 Å². The molecule has 6 heteroatoms. The maximum atomic E-state index is 12.5. The number of aliphatic carboxylic acids is 1. The molecule has 1 aliphatic rings. The van der Waals surface area contributed by atoms with E-state index < -0.39 is 17.4 Å². The number of nitrogens with one attached hydrogen (secondary N) is 1. The Bertz CT molecular complexity index is 604. The number of carboxylic acid groups (broad SMARTS) is 1. The molecule has 23 heavy (non-hydrogen) atoms. The normalized spacial score (nSPS) is 24.0. The number of halogens is 1. The summed E-state index contributed by atoms with van der Waals surface area (Å²) in [7, 11) is 1.52. The minimum atomic E-state index is -0.858. The SMILES string of the molecule is COc1cccc(Cl)c1CC(=O)NC1(C)CCCCC1C(=O)O. The highest BCUT2D eigenvalue weighted by Gasteiger charge is 2.42. The second kappa shape index (κ2) is 7.21. The Labute approximate surface area is 141 Å². The third-order valence-electron chi connectivity index (χ3n) is 4.56. The number of rotatable bonds is 5. The lowest BCUT2D eigenvalue weighted by molar-refractivity contribution is -0.146. The molecule has 0 aliphatic heterocycles. The van der Waals surface area contributed by atoms with Crippen molar-refractivity contribution in [2.75, 3.05) is 7.11 Å². The van der Waals surface area contributed by atoms with Crippen molar-refractivity contribution in [3.8, 4) is 5.75 Å². The predicted molar refractivity (Wildman–Crippen MR) is 87.8 cm³/mol. The average Bonchev–Trinajstić information content (AvgIpc) is 2.48. The van der Waals surface area contributed by atoms with Crippen molar-refractivity contribution in [3.63, 3.8) is 0 Å². The van der Waals surface area contributed by atoms with Gasteiger partial charge in [-0.25, -0.2) is 0 Å². The van der Waals surface area contributed by atoms with Gasteiger partial charge in [0, 0.05) is 10.6 Å². The summed E-state index contributed by atoms with van der Waals surface area (Å²) < 4.78 is 5.24. The maximum absolute atomic E-state index is 12.5. The number of hydrogen-bond donors (Lipinski definition) is 2. The van der Waals surface area contributed by atoms with E-state index in [1.807, 2.05) is 6.92 Å². The van der Waals surface area contributed by atoms with E-state index in [4.69, 9.17) is 16.3 Å². The van der Waals surface area contributed by atoms with E-state index in [1.54, 1.807) is 18.2 Å². The lowest BCUT2D eigenvalue weighted by atomic mass is 9.74. The fourth-order valence-corrected chi connectivity index (χ4v) is 3.54. The van der Waals surface area contributed by atoms with Gasteiger partial charge in [-0.15, -0.1) is 0 Å². The van der Waals surface area contributed by atoms with E-state index in [9.17, 15) is 14.7 Å². The van der Waals surface area contributed by atoms with Crippen molar-refractivity contribution in [2.24, 2.45) is 5.92 Å². The zero-order valence-electron chi connectivity index (χ0n) is 13.4. The summed E-state index contributed by atoms with van der Waals surface area (Å²) in [4.78, 5) is 23.9. The van der Waals surface area contributed by atoms with Crippen LogP contribution >= 0.6 is 11.6 Å². The molecule has 0 spiro atoms. The van der Waals surface area contributed by atoms with Crippen LogP contribution in [0.4, 0.5) is 0 Å². The molecular weight excluding hydrogens is 318 g/mol. The van der Waals surface area contributed by atoms with Gasteiger partial charge in [-0.2, -0.15) is 0 Å². The average molecular weight is 340 g/mol. The highest BCUT2D eigenvalue weighted by atomic mass is 35.5. The quantitative estimate of drug-likeness (QED) is 0.864. The van der Waals surface area contributed by atoms with Crippen molar-refractivity contribution < 1.29 is 19.4 Å². The summed E-state index contributed by atoms with van der Waals surface area (Å²) in [6.45, 7) is 1.81. The van der Waals surface area contributed by atoms with E-state index in [0.29, 0.717) is 29.2 Å². The van der Waals surface area contributed by atoms with Crippen LogP contribution in [0, 0.1) is 5.92 Å². The van der Waals surface area contributed by atoms with Gasteiger partial charge in [0.2, 0.25) is 5.91 Å².